The number of likely N-dealkylation sites (N-methyl/N-ethyl adjacent to an activating group) is 1. The Morgan fingerprint density at radius 3 is 2.68 bits per heavy atom. The van der Waals surface area contributed by atoms with Crippen LogP contribution in [0.3, 0.4) is 0 Å². The topological polar surface area (TPSA) is 87.5 Å². The fourth-order valence-electron chi connectivity index (χ4n) is 2.23. The normalized spacial score (nSPS) is 20.6. The van der Waals surface area contributed by atoms with E-state index < -0.39 is 10.0 Å². The number of hydrogen-bond donors (Lipinski definition) is 3. The first-order valence-electron chi connectivity index (χ1n) is 6.20. The van der Waals surface area contributed by atoms with Crippen LogP contribution in [0.15, 0.2) is 23.1 Å². The van der Waals surface area contributed by atoms with Gasteiger partial charge < -0.3 is 16.0 Å². The third-order valence-corrected chi connectivity index (χ3v) is 4.77. The number of nitrogens with two attached hydrogens (primary N) is 1. The van der Waals surface area contributed by atoms with Gasteiger partial charge in [-0.3, -0.25) is 0 Å². The number of hydrogen-bond acceptors (Lipinski definition) is 5. The van der Waals surface area contributed by atoms with Crippen molar-refractivity contribution in [2.45, 2.75) is 17.4 Å². The molecule has 0 aromatic heterocycles. The van der Waals surface area contributed by atoms with Gasteiger partial charge in [0.15, 0.2) is 0 Å². The highest BCUT2D eigenvalue weighted by Crippen LogP contribution is 2.24. The van der Waals surface area contributed by atoms with E-state index in [1.807, 2.05) is 0 Å². The molecule has 19 heavy (non-hydrogen) atoms. The van der Waals surface area contributed by atoms with E-state index in [4.69, 9.17) is 5.73 Å². The molecular weight excluding hydrogens is 264 g/mol. The molecule has 1 aliphatic rings. The van der Waals surface area contributed by atoms with E-state index in [1.54, 1.807) is 12.1 Å². The second-order valence-electron chi connectivity index (χ2n) is 4.85. The molecule has 1 atom stereocenters. The van der Waals surface area contributed by atoms with Gasteiger partial charge in [-0.1, -0.05) is 0 Å². The molecule has 0 aliphatic carbocycles. The Labute approximate surface area is 114 Å². The van der Waals surface area contributed by atoms with Crippen LogP contribution in [0, 0.1) is 0 Å². The summed E-state index contributed by atoms with van der Waals surface area (Å²) in [4.78, 5) is 2.43. The highest BCUT2D eigenvalue weighted by atomic mass is 32.2. The second kappa shape index (κ2) is 5.36. The minimum atomic E-state index is -3.44. The predicted octanol–water partition coefficient (Wildman–Crippen LogP) is 0.293. The standard InChI is InChI=1S/C12H20N4O2S/c1-14-19(17,18)10-3-4-12(11(13)7-10)15-9-5-6-16(2)8-9/h3-4,7,9,14-15H,5-6,8,13H2,1-2H3. The molecule has 1 aromatic carbocycles. The third kappa shape index (κ3) is 3.17. The van der Waals surface area contributed by atoms with Gasteiger partial charge in [0.25, 0.3) is 0 Å². The van der Waals surface area contributed by atoms with E-state index in [9.17, 15) is 8.42 Å². The minimum absolute atomic E-state index is 0.182. The average Bonchev–Trinajstić information content (AvgIpc) is 2.77. The number of nitrogen functional groups attached to an aromatic ring is 1. The summed E-state index contributed by atoms with van der Waals surface area (Å²) < 4.78 is 25.6. The predicted molar refractivity (Wildman–Crippen MR) is 76.6 cm³/mol. The van der Waals surface area contributed by atoms with Crippen molar-refractivity contribution in [1.29, 1.82) is 0 Å². The molecule has 1 fully saturated rings. The number of nitrogens with zero attached hydrogens (tertiary/aromatic N) is 1. The summed E-state index contributed by atoms with van der Waals surface area (Å²) >= 11 is 0. The molecule has 1 saturated heterocycles. The maximum absolute atomic E-state index is 11.7. The average molecular weight is 284 g/mol. The van der Waals surface area contributed by atoms with E-state index in [0.29, 0.717) is 11.7 Å². The molecule has 1 aromatic rings. The van der Waals surface area contributed by atoms with Gasteiger partial charge in [-0.25, -0.2) is 13.1 Å². The quantitative estimate of drug-likeness (QED) is 0.692. The molecule has 1 heterocycles. The van der Waals surface area contributed by atoms with Crippen LogP contribution in [0.1, 0.15) is 6.42 Å². The number of rotatable bonds is 4. The van der Waals surface area contributed by atoms with Gasteiger partial charge in [0.05, 0.1) is 16.3 Å². The number of benzene rings is 1. The van der Waals surface area contributed by atoms with Gasteiger partial charge in [0.2, 0.25) is 10.0 Å². The van der Waals surface area contributed by atoms with Gasteiger partial charge in [-0.15, -0.1) is 0 Å². The highest BCUT2D eigenvalue weighted by Gasteiger charge is 2.20. The van der Waals surface area contributed by atoms with Crippen LogP contribution in [-0.2, 0) is 10.0 Å². The van der Waals surface area contributed by atoms with Crippen LogP contribution in [0.2, 0.25) is 0 Å². The van der Waals surface area contributed by atoms with Crippen molar-refractivity contribution in [3.05, 3.63) is 18.2 Å². The maximum Gasteiger partial charge on any atom is 0.240 e. The summed E-state index contributed by atoms with van der Waals surface area (Å²) in [6, 6.07) is 5.12. The molecule has 0 saturated carbocycles. The first kappa shape index (κ1) is 14.1. The van der Waals surface area contributed by atoms with Crippen LogP contribution in [0.25, 0.3) is 0 Å². The third-order valence-electron chi connectivity index (χ3n) is 3.35. The summed E-state index contributed by atoms with van der Waals surface area (Å²) in [7, 11) is 0.0185. The largest absolute Gasteiger partial charge is 0.397 e. The Morgan fingerprint density at radius 1 is 1.42 bits per heavy atom. The number of sulfonamides is 1. The molecule has 0 bridgehead atoms. The van der Waals surface area contributed by atoms with E-state index in [0.717, 1.165) is 25.2 Å². The Hall–Kier alpha value is -1.31. The molecule has 106 valence electrons. The number of likely N-dealkylation sites (tertiary alicyclic amines) is 1. The van der Waals surface area contributed by atoms with Crippen molar-refractivity contribution in [2.75, 3.05) is 38.2 Å². The van der Waals surface area contributed by atoms with Gasteiger partial charge in [0, 0.05) is 12.6 Å². The second-order valence-corrected chi connectivity index (χ2v) is 6.74. The van der Waals surface area contributed by atoms with Crippen molar-refractivity contribution in [2.24, 2.45) is 0 Å². The SMILES string of the molecule is CNS(=O)(=O)c1ccc(NC2CCN(C)C2)c(N)c1. The van der Waals surface area contributed by atoms with Gasteiger partial charge in [-0.2, -0.15) is 0 Å². The fourth-order valence-corrected chi connectivity index (χ4v) is 3.00. The van der Waals surface area contributed by atoms with E-state index in [1.165, 1.54) is 13.1 Å². The zero-order valence-corrected chi connectivity index (χ0v) is 12.0. The molecule has 1 aliphatic heterocycles. The number of nitrogens with one attached hydrogen (secondary N) is 2. The van der Waals surface area contributed by atoms with E-state index in [2.05, 4.69) is 22.0 Å². The smallest absolute Gasteiger partial charge is 0.240 e. The summed E-state index contributed by atoms with van der Waals surface area (Å²) in [5.74, 6) is 0. The van der Waals surface area contributed by atoms with Crippen LogP contribution in [-0.4, -0.2) is 46.5 Å². The van der Waals surface area contributed by atoms with Crippen molar-refractivity contribution in [3.63, 3.8) is 0 Å². The lowest BCUT2D eigenvalue weighted by atomic mass is 10.2. The highest BCUT2D eigenvalue weighted by molar-refractivity contribution is 7.89. The monoisotopic (exact) mass is 284 g/mol. The van der Waals surface area contributed by atoms with Gasteiger partial charge in [0.1, 0.15) is 0 Å². The first-order valence-corrected chi connectivity index (χ1v) is 7.69. The zero-order valence-electron chi connectivity index (χ0n) is 11.2. The molecular formula is C12H20N4O2S. The Bertz CT molecular complexity index is 559. The van der Waals surface area contributed by atoms with Crippen molar-refractivity contribution in [3.8, 4) is 0 Å². The minimum Gasteiger partial charge on any atom is -0.397 e. The lowest BCUT2D eigenvalue weighted by Gasteiger charge is -2.16. The lowest BCUT2D eigenvalue weighted by molar-refractivity contribution is 0.414. The molecule has 0 spiro atoms. The Morgan fingerprint density at radius 2 is 2.16 bits per heavy atom. The molecule has 0 radical (unpaired) electrons. The molecule has 1 unspecified atom stereocenters. The Kier molecular flexibility index (Phi) is 3.98. The summed E-state index contributed by atoms with van der Waals surface area (Å²) in [5, 5.41) is 3.35. The number of anilines is 2. The summed E-state index contributed by atoms with van der Waals surface area (Å²) in [6.07, 6.45) is 1.06. The Balaban J connectivity index is 2.16. The van der Waals surface area contributed by atoms with Gasteiger partial charge in [-0.05, 0) is 45.3 Å². The van der Waals surface area contributed by atoms with Crippen molar-refractivity contribution < 1.29 is 8.42 Å². The van der Waals surface area contributed by atoms with Crippen LogP contribution >= 0.6 is 0 Å². The lowest BCUT2D eigenvalue weighted by Crippen LogP contribution is -2.24. The fraction of sp³-hybridized carbons (Fsp3) is 0.500. The maximum atomic E-state index is 11.7. The molecule has 0 amide bonds. The van der Waals surface area contributed by atoms with Gasteiger partial charge >= 0.3 is 0 Å². The van der Waals surface area contributed by atoms with Crippen LogP contribution in [0.4, 0.5) is 11.4 Å². The molecule has 2 rings (SSSR count). The van der Waals surface area contributed by atoms with E-state index >= 15 is 0 Å². The first-order chi connectivity index (χ1) is 8.92. The van der Waals surface area contributed by atoms with E-state index in [-0.39, 0.29) is 4.90 Å². The summed E-state index contributed by atoms with van der Waals surface area (Å²) in [5.41, 5.74) is 7.15. The van der Waals surface area contributed by atoms with Crippen LogP contribution in [0.5, 0.6) is 0 Å². The van der Waals surface area contributed by atoms with Crippen LogP contribution < -0.4 is 15.8 Å². The molecule has 6 nitrogen and oxygen atoms in total. The van der Waals surface area contributed by atoms with Crippen molar-refractivity contribution in [1.82, 2.24) is 9.62 Å². The zero-order chi connectivity index (χ0) is 14.0. The molecule has 4 N–H and O–H groups in total. The summed E-state index contributed by atoms with van der Waals surface area (Å²) in [6.45, 7) is 2.03. The van der Waals surface area contributed by atoms with Crippen molar-refractivity contribution >= 4 is 21.4 Å². The molecule has 7 heteroatoms.